The molecular weight excluding hydrogens is 280 g/mol. The lowest BCUT2D eigenvalue weighted by Gasteiger charge is -2.20. The smallest absolute Gasteiger partial charge is 0.412 e. The lowest BCUT2D eigenvalue weighted by Crippen LogP contribution is -2.35. The largest absolute Gasteiger partial charge is 0.444 e. The minimum atomic E-state index is -0.565. The predicted molar refractivity (Wildman–Crippen MR) is 85.7 cm³/mol. The first-order valence-electron chi connectivity index (χ1n) is 7.30. The Bertz CT molecular complexity index is 584. The molecule has 1 heterocycles. The summed E-state index contributed by atoms with van der Waals surface area (Å²) in [4.78, 5) is 20.5. The standard InChI is InChI=1S/C16H22N4O2/c1-16(2,3)22-15(21)20-13(9-17)14(11-6-7-11)19-12-5-4-8-18-10-12/h4-5,8-11H,6-7,17H2,1-3H3,(H,20,21). The molecule has 1 aromatic rings. The van der Waals surface area contributed by atoms with Crippen molar-refractivity contribution >= 4 is 17.5 Å². The van der Waals surface area contributed by atoms with Crippen LogP contribution < -0.4 is 11.1 Å². The van der Waals surface area contributed by atoms with E-state index >= 15 is 0 Å². The van der Waals surface area contributed by atoms with Crippen LogP contribution in [0.2, 0.25) is 0 Å². The number of allylic oxidation sites excluding steroid dienone is 1. The first-order chi connectivity index (χ1) is 10.4. The Balaban J connectivity index is 2.16. The molecule has 1 amide bonds. The maximum absolute atomic E-state index is 11.9. The highest BCUT2D eigenvalue weighted by Gasteiger charge is 2.31. The van der Waals surface area contributed by atoms with Gasteiger partial charge < -0.3 is 10.5 Å². The van der Waals surface area contributed by atoms with Crippen molar-refractivity contribution < 1.29 is 9.53 Å². The van der Waals surface area contributed by atoms with Crippen molar-refractivity contribution in [3.8, 4) is 0 Å². The highest BCUT2D eigenvalue weighted by molar-refractivity contribution is 6.06. The van der Waals surface area contributed by atoms with Crippen LogP contribution in [0.3, 0.4) is 0 Å². The van der Waals surface area contributed by atoms with Crippen LogP contribution in [0.5, 0.6) is 0 Å². The van der Waals surface area contributed by atoms with Gasteiger partial charge in [0.15, 0.2) is 0 Å². The summed E-state index contributed by atoms with van der Waals surface area (Å²) in [5.74, 6) is 0.310. The van der Waals surface area contributed by atoms with Crippen molar-refractivity contribution in [3.05, 3.63) is 36.4 Å². The number of nitrogens with two attached hydrogens (primary N) is 1. The summed E-state index contributed by atoms with van der Waals surface area (Å²) in [6.45, 7) is 5.43. The van der Waals surface area contributed by atoms with Crippen molar-refractivity contribution in [1.29, 1.82) is 0 Å². The minimum Gasteiger partial charge on any atom is -0.444 e. The van der Waals surface area contributed by atoms with E-state index in [4.69, 9.17) is 10.5 Å². The lowest BCUT2D eigenvalue weighted by atomic mass is 10.2. The highest BCUT2D eigenvalue weighted by Crippen LogP contribution is 2.34. The van der Waals surface area contributed by atoms with Gasteiger partial charge in [-0.1, -0.05) is 0 Å². The first kappa shape index (κ1) is 16.0. The zero-order valence-corrected chi connectivity index (χ0v) is 13.2. The lowest BCUT2D eigenvalue weighted by molar-refractivity contribution is 0.0549. The SMILES string of the molecule is CC(C)(C)OC(=O)NC(=CN)C(=Nc1cccnc1)C1CC1. The van der Waals surface area contributed by atoms with Crippen molar-refractivity contribution in [2.75, 3.05) is 0 Å². The Kier molecular flexibility index (Phi) is 4.80. The van der Waals surface area contributed by atoms with Gasteiger partial charge >= 0.3 is 6.09 Å². The first-order valence-corrected chi connectivity index (χ1v) is 7.30. The van der Waals surface area contributed by atoms with Crippen molar-refractivity contribution in [1.82, 2.24) is 10.3 Å². The number of aliphatic imine (C=N–C) groups is 1. The molecule has 3 N–H and O–H groups in total. The van der Waals surface area contributed by atoms with Gasteiger partial charge in [-0.15, -0.1) is 0 Å². The van der Waals surface area contributed by atoms with Crippen LogP contribution in [0, 0.1) is 5.92 Å². The van der Waals surface area contributed by atoms with Gasteiger partial charge in [-0.05, 0) is 45.7 Å². The second-order valence-electron chi connectivity index (χ2n) is 6.19. The van der Waals surface area contributed by atoms with E-state index in [2.05, 4.69) is 15.3 Å². The van der Waals surface area contributed by atoms with E-state index in [1.807, 2.05) is 32.9 Å². The van der Waals surface area contributed by atoms with Crippen molar-refractivity contribution in [2.45, 2.75) is 39.2 Å². The van der Waals surface area contributed by atoms with E-state index in [-0.39, 0.29) is 0 Å². The topological polar surface area (TPSA) is 89.6 Å². The van der Waals surface area contributed by atoms with Crippen LogP contribution in [0.4, 0.5) is 10.5 Å². The van der Waals surface area contributed by atoms with Crippen LogP contribution in [0.25, 0.3) is 0 Å². The van der Waals surface area contributed by atoms with Gasteiger partial charge in [-0.3, -0.25) is 10.3 Å². The quantitative estimate of drug-likeness (QED) is 0.837. The number of ether oxygens (including phenoxy) is 1. The number of nitrogens with zero attached hydrogens (tertiary/aromatic N) is 2. The molecular formula is C16H22N4O2. The molecule has 0 unspecified atom stereocenters. The summed E-state index contributed by atoms with van der Waals surface area (Å²) in [6, 6.07) is 3.67. The van der Waals surface area contributed by atoms with E-state index < -0.39 is 11.7 Å². The molecule has 1 aliphatic carbocycles. The number of nitrogens with one attached hydrogen (secondary N) is 1. The zero-order chi connectivity index (χ0) is 16.2. The number of alkyl carbamates (subject to hydrolysis) is 1. The van der Waals surface area contributed by atoms with Crippen LogP contribution in [-0.4, -0.2) is 22.4 Å². The molecule has 0 aliphatic heterocycles. The van der Waals surface area contributed by atoms with Gasteiger partial charge in [-0.25, -0.2) is 9.79 Å². The Morgan fingerprint density at radius 3 is 2.73 bits per heavy atom. The fourth-order valence-electron chi connectivity index (χ4n) is 1.89. The van der Waals surface area contributed by atoms with Crippen LogP contribution in [0.1, 0.15) is 33.6 Å². The second-order valence-corrected chi connectivity index (χ2v) is 6.19. The molecule has 0 saturated heterocycles. The summed E-state index contributed by atoms with van der Waals surface area (Å²) < 4.78 is 5.26. The third-order valence-corrected chi connectivity index (χ3v) is 2.94. The molecule has 1 aromatic heterocycles. The molecule has 1 saturated carbocycles. The van der Waals surface area contributed by atoms with E-state index in [0.717, 1.165) is 24.2 Å². The molecule has 0 spiro atoms. The van der Waals surface area contributed by atoms with Gasteiger partial charge in [0.2, 0.25) is 0 Å². The molecule has 0 atom stereocenters. The molecule has 2 rings (SSSR count). The molecule has 1 aliphatic rings. The summed E-state index contributed by atoms with van der Waals surface area (Å²) in [6.07, 6.45) is 6.25. The molecule has 22 heavy (non-hydrogen) atoms. The Morgan fingerprint density at radius 1 is 1.50 bits per heavy atom. The summed E-state index contributed by atoms with van der Waals surface area (Å²) >= 11 is 0. The predicted octanol–water partition coefficient (Wildman–Crippen LogP) is 2.89. The Hall–Kier alpha value is -2.37. The average Bonchev–Trinajstić information content (AvgIpc) is 3.26. The summed E-state index contributed by atoms with van der Waals surface area (Å²) in [5.41, 5.74) is 7.09. The number of carbonyl (C=O) groups is 1. The van der Waals surface area contributed by atoms with Gasteiger partial charge in [0.05, 0.1) is 23.3 Å². The number of amides is 1. The number of hydrogen-bond acceptors (Lipinski definition) is 5. The third-order valence-electron chi connectivity index (χ3n) is 2.94. The molecule has 0 radical (unpaired) electrons. The molecule has 1 fully saturated rings. The van der Waals surface area contributed by atoms with E-state index in [1.165, 1.54) is 6.20 Å². The van der Waals surface area contributed by atoms with E-state index in [1.54, 1.807) is 12.4 Å². The number of aromatic nitrogens is 1. The maximum atomic E-state index is 11.9. The Labute approximate surface area is 130 Å². The maximum Gasteiger partial charge on any atom is 0.412 e. The normalized spacial score (nSPS) is 16.3. The van der Waals surface area contributed by atoms with Gasteiger partial charge in [0.1, 0.15) is 5.60 Å². The third kappa shape index (κ3) is 4.87. The molecule has 6 heteroatoms. The molecule has 6 nitrogen and oxygen atoms in total. The molecule has 118 valence electrons. The van der Waals surface area contributed by atoms with E-state index in [0.29, 0.717) is 11.6 Å². The zero-order valence-electron chi connectivity index (χ0n) is 13.2. The fraction of sp³-hybridized carbons (Fsp3) is 0.438. The van der Waals surface area contributed by atoms with Gasteiger partial charge in [0.25, 0.3) is 0 Å². The van der Waals surface area contributed by atoms with Crippen LogP contribution >= 0.6 is 0 Å². The van der Waals surface area contributed by atoms with Crippen LogP contribution in [-0.2, 0) is 4.74 Å². The number of pyridine rings is 1. The van der Waals surface area contributed by atoms with Crippen molar-refractivity contribution in [3.63, 3.8) is 0 Å². The van der Waals surface area contributed by atoms with Gasteiger partial charge in [0, 0.05) is 18.3 Å². The number of rotatable bonds is 4. The van der Waals surface area contributed by atoms with E-state index in [9.17, 15) is 4.79 Å². The number of carbonyl (C=O) groups excluding carboxylic acids is 1. The number of hydrogen-bond donors (Lipinski definition) is 2. The highest BCUT2D eigenvalue weighted by atomic mass is 16.6. The second kappa shape index (κ2) is 6.60. The molecule has 0 aromatic carbocycles. The molecule has 0 bridgehead atoms. The van der Waals surface area contributed by atoms with Crippen LogP contribution in [0.15, 0.2) is 41.4 Å². The average molecular weight is 302 g/mol. The fourth-order valence-corrected chi connectivity index (χ4v) is 1.89. The Morgan fingerprint density at radius 2 is 2.23 bits per heavy atom. The minimum absolute atomic E-state index is 0.310. The van der Waals surface area contributed by atoms with Gasteiger partial charge in [-0.2, -0.15) is 0 Å². The van der Waals surface area contributed by atoms with Crippen molar-refractivity contribution in [2.24, 2.45) is 16.6 Å². The summed E-state index contributed by atoms with van der Waals surface area (Å²) in [7, 11) is 0. The summed E-state index contributed by atoms with van der Waals surface area (Å²) in [5, 5.41) is 2.69. The monoisotopic (exact) mass is 302 g/mol.